The molecule has 1 aliphatic carbocycles. The Bertz CT molecular complexity index is 770. The number of ether oxygens (including phenoxy) is 2. The summed E-state index contributed by atoms with van der Waals surface area (Å²) < 4.78 is 15.9. The van der Waals surface area contributed by atoms with E-state index in [1.54, 1.807) is 12.1 Å². The van der Waals surface area contributed by atoms with Crippen molar-refractivity contribution < 1.29 is 14.0 Å². The van der Waals surface area contributed by atoms with E-state index in [0.29, 0.717) is 28.2 Å². The summed E-state index contributed by atoms with van der Waals surface area (Å²) in [6, 6.07) is 3.65. The minimum absolute atomic E-state index is 0. The summed E-state index contributed by atoms with van der Waals surface area (Å²) in [4.78, 5) is 4.40. The van der Waals surface area contributed by atoms with E-state index in [1.807, 2.05) is 12.1 Å². The first-order chi connectivity index (χ1) is 11.1. The molecule has 1 aromatic heterocycles. The van der Waals surface area contributed by atoms with Crippen LogP contribution in [0.4, 0.5) is 0 Å². The van der Waals surface area contributed by atoms with Crippen molar-refractivity contribution in [2.24, 2.45) is 5.73 Å². The van der Waals surface area contributed by atoms with E-state index in [2.05, 4.69) is 10.1 Å². The minimum Gasteiger partial charge on any atom is -0.454 e. The molecule has 0 atom stereocenters. The van der Waals surface area contributed by atoms with Crippen LogP contribution in [0.5, 0.6) is 11.5 Å². The van der Waals surface area contributed by atoms with Crippen molar-refractivity contribution in [2.45, 2.75) is 31.2 Å². The van der Waals surface area contributed by atoms with Crippen molar-refractivity contribution in [3.05, 3.63) is 34.4 Å². The van der Waals surface area contributed by atoms with Gasteiger partial charge in [0.2, 0.25) is 6.79 Å². The number of rotatable bonds is 3. The average molecular weight is 370 g/mol. The van der Waals surface area contributed by atoms with Crippen LogP contribution in [-0.2, 0) is 5.54 Å². The van der Waals surface area contributed by atoms with Crippen molar-refractivity contribution in [1.29, 1.82) is 0 Å². The fourth-order valence-electron chi connectivity index (χ4n) is 2.99. The summed E-state index contributed by atoms with van der Waals surface area (Å²) in [7, 11) is 0. The van der Waals surface area contributed by atoms with Crippen LogP contribution in [0.1, 0.15) is 43.0 Å². The Labute approximate surface area is 150 Å². The van der Waals surface area contributed by atoms with E-state index < -0.39 is 5.54 Å². The summed E-state index contributed by atoms with van der Waals surface area (Å²) in [5, 5.41) is 4.54. The molecule has 0 radical (unpaired) electrons. The highest BCUT2D eigenvalue weighted by Crippen LogP contribution is 2.40. The monoisotopic (exact) mass is 369 g/mol. The normalized spacial score (nSPS) is 18.1. The van der Waals surface area contributed by atoms with Crippen molar-refractivity contribution in [1.82, 2.24) is 10.1 Å². The average Bonchev–Trinajstić information content (AvgIpc) is 3.25. The minimum atomic E-state index is -0.447. The highest BCUT2D eigenvalue weighted by atomic mass is 35.5. The van der Waals surface area contributed by atoms with Crippen molar-refractivity contribution >= 4 is 36.2 Å². The summed E-state index contributed by atoms with van der Waals surface area (Å²) in [5.74, 6) is 2.22. The van der Waals surface area contributed by atoms with Gasteiger partial charge in [-0.1, -0.05) is 29.6 Å². The molecule has 2 N–H and O–H groups in total. The Hall–Kier alpha value is -1.76. The van der Waals surface area contributed by atoms with Gasteiger partial charge in [0.1, 0.15) is 0 Å². The van der Waals surface area contributed by atoms with Gasteiger partial charge >= 0.3 is 0 Å². The zero-order valence-corrected chi connectivity index (χ0v) is 14.4. The first-order valence-electron chi connectivity index (χ1n) is 7.54. The van der Waals surface area contributed by atoms with Crippen LogP contribution in [0.2, 0.25) is 5.02 Å². The molecule has 0 amide bonds. The SMILES string of the molecule is Cl.NC1(c2noc(/C=C/c3cc(Cl)c4c(c3)OCO4)n2)CCCC1. The summed E-state index contributed by atoms with van der Waals surface area (Å²) in [6.45, 7) is 0.188. The lowest BCUT2D eigenvalue weighted by Crippen LogP contribution is -2.34. The maximum absolute atomic E-state index is 6.33. The van der Waals surface area contributed by atoms with Gasteiger partial charge in [-0.05, 0) is 36.6 Å². The van der Waals surface area contributed by atoms with Crippen LogP contribution in [0.25, 0.3) is 12.2 Å². The number of benzene rings is 1. The molecule has 1 fully saturated rings. The standard InChI is InChI=1S/C16H16ClN3O3.ClH/c17-11-7-10(8-12-14(11)22-9-21-12)3-4-13-19-15(20-23-13)16(18)5-1-2-6-16;/h3-4,7-8H,1-2,5-6,9,18H2;1H/b4-3+;. The second-order valence-corrected chi connectivity index (χ2v) is 6.30. The third kappa shape index (κ3) is 3.09. The first-order valence-corrected chi connectivity index (χ1v) is 7.92. The van der Waals surface area contributed by atoms with Crippen LogP contribution in [0, 0.1) is 0 Å². The van der Waals surface area contributed by atoms with Gasteiger partial charge in [0.25, 0.3) is 5.89 Å². The van der Waals surface area contributed by atoms with Crippen LogP contribution in [-0.4, -0.2) is 16.9 Å². The first kappa shape index (κ1) is 17.1. The summed E-state index contributed by atoms with van der Waals surface area (Å²) in [6.07, 6.45) is 7.57. The summed E-state index contributed by atoms with van der Waals surface area (Å²) >= 11 is 6.16. The van der Waals surface area contributed by atoms with Crippen LogP contribution >= 0.6 is 24.0 Å². The van der Waals surface area contributed by atoms with Crippen LogP contribution in [0.15, 0.2) is 16.7 Å². The van der Waals surface area contributed by atoms with Crippen LogP contribution in [0.3, 0.4) is 0 Å². The molecule has 24 heavy (non-hydrogen) atoms. The number of hydrogen-bond acceptors (Lipinski definition) is 6. The fourth-order valence-corrected chi connectivity index (χ4v) is 3.26. The lowest BCUT2D eigenvalue weighted by molar-refractivity contribution is 0.174. The maximum Gasteiger partial charge on any atom is 0.250 e. The Kier molecular flexibility index (Phi) is 4.71. The van der Waals surface area contributed by atoms with E-state index in [4.69, 9.17) is 31.3 Å². The molecule has 0 unspecified atom stereocenters. The van der Waals surface area contributed by atoms with E-state index in [1.165, 1.54) is 0 Å². The number of halogens is 2. The van der Waals surface area contributed by atoms with Gasteiger partial charge in [-0.15, -0.1) is 12.4 Å². The third-order valence-corrected chi connectivity index (χ3v) is 4.53. The molecule has 1 saturated carbocycles. The lowest BCUT2D eigenvalue weighted by atomic mass is 9.99. The maximum atomic E-state index is 6.33. The Morgan fingerprint density at radius 1 is 1.17 bits per heavy atom. The molecule has 2 aromatic rings. The van der Waals surface area contributed by atoms with E-state index in [-0.39, 0.29) is 19.2 Å². The molecule has 4 rings (SSSR count). The molecule has 6 nitrogen and oxygen atoms in total. The molecular formula is C16H17Cl2N3O3. The predicted octanol–water partition coefficient (Wildman–Crippen LogP) is 3.77. The number of aromatic nitrogens is 2. The number of fused-ring (bicyclic) bond motifs is 1. The Morgan fingerprint density at radius 3 is 2.75 bits per heavy atom. The number of hydrogen-bond donors (Lipinski definition) is 1. The van der Waals surface area contributed by atoms with Gasteiger partial charge in [0.05, 0.1) is 10.6 Å². The van der Waals surface area contributed by atoms with Crippen molar-refractivity contribution in [2.75, 3.05) is 6.79 Å². The van der Waals surface area contributed by atoms with Crippen molar-refractivity contribution in [3.8, 4) is 11.5 Å². The van der Waals surface area contributed by atoms with Gasteiger partial charge < -0.3 is 19.7 Å². The quantitative estimate of drug-likeness (QED) is 0.886. The molecule has 0 bridgehead atoms. The third-order valence-electron chi connectivity index (χ3n) is 4.25. The highest BCUT2D eigenvalue weighted by Gasteiger charge is 2.35. The van der Waals surface area contributed by atoms with Gasteiger partial charge in [0.15, 0.2) is 17.3 Å². The second kappa shape index (κ2) is 6.63. The van der Waals surface area contributed by atoms with Crippen molar-refractivity contribution in [3.63, 3.8) is 0 Å². The van der Waals surface area contributed by atoms with E-state index in [9.17, 15) is 0 Å². The molecule has 2 heterocycles. The lowest BCUT2D eigenvalue weighted by Gasteiger charge is -2.17. The largest absolute Gasteiger partial charge is 0.454 e. The highest BCUT2D eigenvalue weighted by molar-refractivity contribution is 6.32. The molecule has 1 aliphatic heterocycles. The molecule has 128 valence electrons. The molecule has 0 spiro atoms. The topological polar surface area (TPSA) is 83.4 Å². The van der Waals surface area contributed by atoms with Gasteiger partial charge in [-0.3, -0.25) is 0 Å². The zero-order valence-electron chi connectivity index (χ0n) is 12.8. The molecule has 1 aromatic carbocycles. The second-order valence-electron chi connectivity index (χ2n) is 5.89. The van der Waals surface area contributed by atoms with E-state index in [0.717, 1.165) is 31.2 Å². The fraction of sp³-hybridized carbons (Fsp3) is 0.375. The Balaban J connectivity index is 0.00000169. The molecule has 2 aliphatic rings. The molecule has 0 saturated heterocycles. The van der Waals surface area contributed by atoms with Gasteiger partial charge in [0, 0.05) is 6.08 Å². The number of nitrogens with zero attached hydrogens (tertiary/aromatic N) is 2. The molecular weight excluding hydrogens is 353 g/mol. The zero-order chi connectivity index (χ0) is 15.9. The predicted molar refractivity (Wildman–Crippen MR) is 92.4 cm³/mol. The number of nitrogens with two attached hydrogens (primary N) is 1. The molecule has 8 heteroatoms. The Morgan fingerprint density at radius 2 is 1.96 bits per heavy atom. The summed E-state index contributed by atoms with van der Waals surface area (Å²) in [5.41, 5.74) is 6.74. The smallest absolute Gasteiger partial charge is 0.250 e. The van der Waals surface area contributed by atoms with Crippen LogP contribution < -0.4 is 15.2 Å². The van der Waals surface area contributed by atoms with Gasteiger partial charge in [-0.2, -0.15) is 4.98 Å². The van der Waals surface area contributed by atoms with Gasteiger partial charge in [-0.25, -0.2) is 0 Å². The van der Waals surface area contributed by atoms with E-state index >= 15 is 0 Å².